The van der Waals surface area contributed by atoms with Crippen LogP contribution in [0.5, 0.6) is 0 Å². The van der Waals surface area contributed by atoms with Crippen LogP contribution in [0.25, 0.3) is 0 Å². The Labute approximate surface area is 173 Å². The zero-order valence-electron chi connectivity index (χ0n) is 14.9. The van der Waals surface area contributed by atoms with E-state index in [1.807, 2.05) is 0 Å². The fourth-order valence-electron chi connectivity index (χ4n) is 2.82. The minimum absolute atomic E-state index is 0.107. The number of sulfonamides is 1. The number of anilines is 1. The summed E-state index contributed by atoms with van der Waals surface area (Å²) in [6, 6.07) is 8.79. The Morgan fingerprint density at radius 2 is 1.76 bits per heavy atom. The largest absolute Gasteiger partial charge is 0.417 e. The van der Waals surface area contributed by atoms with E-state index in [2.05, 4.69) is 21.2 Å². The van der Waals surface area contributed by atoms with Crippen LogP contribution in [-0.4, -0.2) is 44.9 Å². The number of nitrogens with one attached hydrogen (secondary N) is 1. The molecule has 1 aliphatic heterocycles. The molecule has 1 fully saturated rings. The molecule has 156 valence electrons. The maximum Gasteiger partial charge on any atom is 0.417 e. The molecule has 0 spiro atoms. The van der Waals surface area contributed by atoms with Gasteiger partial charge in [-0.1, -0.05) is 28.1 Å². The smallest absolute Gasteiger partial charge is 0.379 e. The van der Waals surface area contributed by atoms with Crippen molar-refractivity contribution in [3.63, 3.8) is 0 Å². The summed E-state index contributed by atoms with van der Waals surface area (Å²) in [7, 11) is -3.96. The quantitative estimate of drug-likeness (QED) is 0.705. The molecule has 3 rings (SSSR count). The second-order valence-electron chi connectivity index (χ2n) is 6.16. The average molecular weight is 493 g/mol. The first-order valence-corrected chi connectivity index (χ1v) is 10.7. The van der Waals surface area contributed by atoms with E-state index >= 15 is 0 Å². The van der Waals surface area contributed by atoms with Gasteiger partial charge in [-0.2, -0.15) is 17.5 Å². The Kier molecular flexibility index (Phi) is 6.32. The Morgan fingerprint density at radius 1 is 1.10 bits per heavy atom. The summed E-state index contributed by atoms with van der Waals surface area (Å²) in [5, 5.41) is 2.35. The molecule has 0 bridgehead atoms. The number of amides is 1. The molecular formula is C18H16BrF3N2O4S. The number of alkyl halides is 3. The van der Waals surface area contributed by atoms with Crippen molar-refractivity contribution in [2.24, 2.45) is 0 Å². The lowest BCUT2D eigenvalue weighted by molar-refractivity contribution is -0.138. The van der Waals surface area contributed by atoms with Gasteiger partial charge in [0.25, 0.3) is 5.91 Å². The molecule has 6 nitrogen and oxygen atoms in total. The minimum atomic E-state index is -4.61. The first-order chi connectivity index (χ1) is 13.6. The average Bonchev–Trinajstić information content (AvgIpc) is 2.69. The monoisotopic (exact) mass is 492 g/mol. The third-order valence-corrected chi connectivity index (χ3v) is 6.90. The van der Waals surface area contributed by atoms with Gasteiger partial charge in [0.2, 0.25) is 10.0 Å². The number of morpholine rings is 1. The van der Waals surface area contributed by atoms with Crippen molar-refractivity contribution >= 4 is 37.5 Å². The van der Waals surface area contributed by atoms with Crippen molar-refractivity contribution in [1.82, 2.24) is 4.31 Å². The fourth-order valence-corrected chi connectivity index (χ4v) is 4.89. The van der Waals surface area contributed by atoms with Gasteiger partial charge >= 0.3 is 6.18 Å². The molecule has 0 aromatic heterocycles. The van der Waals surface area contributed by atoms with Crippen LogP contribution in [0.4, 0.5) is 18.9 Å². The molecule has 0 unspecified atom stereocenters. The Balaban J connectivity index is 1.92. The van der Waals surface area contributed by atoms with Crippen LogP contribution in [0.1, 0.15) is 15.9 Å². The predicted molar refractivity (Wildman–Crippen MR) is 103 cm³/mol. The van der Waals surface area contributed by atoms with Crippen LogP contribution in [0.15, 0.2) is 51.8 Å². The van der Waals surface area contributed by atoms with E-state index in [1.54, 1.807) is 0 Å². The van der Waals surface area contributed by atoms with Gasteiger partial charge in [0.15, 0.2) is 0 Å². The van der Waals surface area contributed by atoms with Crippen molar-refractivity contribution in [3.05, 3.63) is 58.1 Å². The number of halogens is 4. The topological polar surface area (TPSA) is 75.7 Å². The number of hydrogen-bond donors (Lipinski definition) is 1. The minimum Gasteiger partial charge on any atom is -0.379 e. The van der Waals surface area contributed by atoms with Crippen LogP contribution in [0.2, 0.25) is 0 Å². The van der Waals surface area contributed by atoms with E-state index in [9.17, 15) is 26.4 Å². The molecule has 0 atom stereocenters. The lowest BCUT2D eigenvalue weighted by Crippen LogP contribution is -2.41. The Hall–Kier alpha value is -1.95. The predicted octanol–water partition coefficient (Wildman–Crippen LogP) is 3.74. The molecule has 0 saturated carbocycles. The molecule has 1 saturated heterocycles. The van der Waals surface area contributed by atoms with E-state index < -0.39 is 27.7 Å². The highest BCUT2D eigenvalue weighted by molar-refractivity contribution is 9.10. The number of benzene rings is 2. The molecule has 0 radical (unpaired) electrons. The molecule has 1 heterocycles. The normalized spacial score (nSPS) is 15.9. The number of hydrogen-bond acceptors (Lipinski definition) is 4. The van der Waals surface area contributed by atoms with E-state index in [0.717, 1.165) is 12.1 Å². The van der Waals surface area contributed by atoms with Gasteiger partial charge in [0.05, 0.1) is 29.2 Å². The van der Waals surface area contributed by atoms with Crippen LogP contribution >= 0.6 is 15.9 Å². The van der Waals surface area contributed by atoms with Crippen LogP contribution < -0.4 is 5.32 Å². The Morgan fingerprint density at radius 3 is 2.41 bits per heavy atom. The van der Waals surface area contributed by atoms with Crippen molar-refractivity contribution in [3.8, 4) is 0 Å². The van der Waals surface area contributed by atoms with Gasteiger partial charge in [-0.15, -0.1) is 0 Å². The standard InChI is InChI=1S/C18H16BrF3N2O4S/c19-15-6-5-12(11-14(15)18(20,21)22)23-17(25)13-3-1-2-4-16(13)29(26,27)24-7-9-28-10-8-24/h1-6,11H,7-10H2,(H,23,25). The van der Waals surface area contributed by atoms with E-state index in [0.29, 0.717) is 0 Å². The maximum atomic E-state index is 13.1. The number of nitrogens with zero attached hydrogens (tertiary/aromatic N) is 1. The van der Waals surface area contributed by atoms with Gasteiger partial charge in [-0.3, -0.25) is 4.79 Å². The van der Waals surface area contributed by atoms with Gasteiger partial charge < -0.3 is 10.1 Å². The van der Waals surface area contributed by atoms with E-state index in [4.69, 9.17) is 4.74 Å². The van der Waals surface area contributed by atoms with Gasteiger partial charge in [0.1, 0.15) is 0 Å². The van der Waals surface area contributed by atoms with Gasteiger partial charge in [-0.25, -0.2) is 8.42 Å². The van der Waals surface area contributed by atoms with Gasteiger partial charge in [0, 0.05) is 23.2 Å². The summed E-state index contributed by atoms with van der Waals surface area (Å²) < 4.78 is 71.3. The van der Waals surface area contributed by atoms with Crippen molar-refractivity contribution < 1.29 is 31.1 Å². The number of rotatable bonds is 4. The zero-order valence-corrected chi connectivity index (χ0v) is 17.3. The lowest BCUT2D eigenvalue weighted by Gasteiger charge is -2.26. The van der Waals surface area contributed by atoms with Crippen molar-refractivity contribution in [2.45, 2.75) is 11.1 Å². The third kappa shape index (κ3) is 4.80. The van der Waals surface area contributed by atoms with E-state index in [-0.39, 0.29) is 46.9 Å². The molecular weight excluding hydrogens is 477 g/mol. The summed E-state index contributed by atoms with van der Waals surface area (Å²) in [6.07, 6.45) is -4.61. The van der Waals surface area contributed by atoms with Crippen LogP contribution in [0, 0.1) is 0 Å². The molecule has 29 heavy (non-hydrogen) atoms. The summed E-state index contributed by atoms with van der Waals surface area (Å²) in [5.41, 5.74) is -1.22. The van der Waals surface area contributed by atoms with Crippen LogP contribution in [0.3, 0.4) is 0 Å². The van der Waals surface area contributed by atoms with Crippen molar-refractivity contribution in [1.29, 1.82) is 0 Å². The SMILES string of the molecule is O=C(Nc1ccc(Br)c(C(F)(F)F)c1)c1ccccc1S(=O)(=O)N1CCOCC1. The number of carbonyl (C=O) groups excluding carboxylic acids is 1. The van der Waals surface area contributed by atoms with Gasteiger partial charge in [-0.05, 0) is 30.3 Å². The van der Waals surface area contributed by atoms with Crippen molar-refractivity contribution in [2.75, 3.05) is 31.6 Å². The molecule has 1 amide bonds. The molecule has 11 heteroatoms. The molecule has 2 aromatic carbocycles. The fraction of sp³-hybridized carbons (Fsp3) is 0.278. The summed E-state index contributed by atoms with van der Waals surface area (Å²) in [6.45, 7) is 0.791. The second-order valence-corrected chi connectivity index (χ2v) is 8.92. The molecule has 1 aliphatic rings. The Bertz CT molecular complexity index is 1020. The highest BCUT2D eigenvalue weighted by Gasteiger charge is 2.34. The molecule has 0 aliphatic carbocycles. The number of carbonyl (C=O) groups is 1. The lowest BCUT2D eigenvalue weighted by atomic mass is 10.1. The first-order valence-electron chi connectivity index (χ1n) is 8.46. The first kappa shape index (κ1) is 21.8. The maximum absolute atomic E-state index is 13.1. The second kappa shape index (κ2) is 8.42. The highest BCUT2D eigenvalue weighted by Crippen LogP contribution is 2.36. The van der Waals surface area contributed by atoms with Crippen LogP contribution in [-0.2, 0) is 20.9 Å². The van der Waals surface area contributed by atoms with E-state index in [1.165, 1.54) is 34.6 Å². The number of ether oxygens (including phenoxy) is 1. The molecule has 2 aromatic rings. The highest BCUT2D eigenvalue weighted by atomic mass is 79.9. The third-order valence-electron chi connectivity index (χ3n) is 4.25. The summed E-state index contributed by atoms with van der Waals surface area (Å²) in [5.74, 6) is -0.826. The molecule has 1 N–H and O–H groups in total. The summed E-state index contributed by atoms with van der Waals surface area (Å²) >= 11 is 2.83. The zero-order chi connectivity index (χ0) is 21.2. The summed E-state index contributed by atoms with van der Waals surface area (Å²) in [4.78, 5) is 12.5.